The van der Waals surface area contributed by atoms with E-state index >= 15 is 0 Å². The third-order valence-corrected chi connectivity index (χ3v) is 11.0. The molecule has 2 rings (SSSR count). The first-order valence-corrected chi connectivity index (χ1v) is 23.1. The van der Waals surface area contributed by atoms with E-state index in [1.807, 2.05) is 27.7 Å². The van der Waals surface area contributed by atoms with Crippen LogP contribution in [0.1, 0.15) is 106 Å². The van der Waals surface area contributed by atoms with Crippen molar-refractivity contribution in [3.8, 4) is 5.75 Å². The summed E-state index contributed by atoms with van der Waals surface area (Å²) in [6.07, 6.45) is 0.399. The molecule has 0 aromatic heterocycles. The number of phenols is 1. The molecule has 12 N–H and O–H groups in total. The van der Waals surface area contributed by atoms with Gasteiger partial charge in [0.25, 0.3) is 0 Å². The Morgan fingerprint density at radius 3 is 1.62 bits per heavy atom. The molecule has 1 saturated heterocycles. The Balaban J connectivity index is 2.08. The van der Waals surface area contributed by atoms with Crippen molar-refractivity contribution in [2.24, 2.45) is 29.4 Å². The van der Waals surface area contributed by atoms with E-state index in [4.69, 9.17) is 10.8 Å². The summed E-state index contributed by atoms with van der Waals surface area (Å²) in [5.74, 6) is -9.15. The summed E-state index contributed by atoms with van der Waals surface area (Å²) in [5, 5.41) is 46.4. The number of aromatic hydroxyl groups is 1. The van der Waals surface area contributed by atoms with Crippen molar-refractivity contribution in [3.05, 3.63) is 29.8 Å². The van der Waals surface area contributed by atoms with Gasteiger partial charge < -0.3 is 63.2 Å². The number of likely N-dealkylation sites (tertiary alicyclic amines) is 1. The van der Waals surface area contributed by atoms with Crippen LogP contribution in [-0.4, -0.2) is 141 Å². The Labute approximate surface area is 397 Å². The molecule has 8 amide bonds. The summed E-state index contributed by atoms with van der Waals surface area (Å²) in [6.45, 7) is 15.2. The maximum Gasteiger partial charge on any atom is 0.326 e. The number of rotatable bonds is 27. The number of carbonyl (C=O) groups excluding carboxylic acids is 8. The van der Waals surface area contributed by atoms with Crippen LogP contribution < -0.4 is 43.0 Å². The fourth-order valence-electron chi connectivity index (χ4n) is 7.52. The zero-order valence-corrected chi connectivity index (χ0v) is 40.6. The van der Waals surface area contributed by atoms with Crippen molar-refractivity contribution in [3.63, 3.8) is 0 Å². The highest BCUT2D eigenvalue weighted by molar-refractivity contribution is 5.97. The molecule has 1 fully saturated rings. The minimum Gasteiger partial charge on any atom is -0.508 e. The van der Waals surface area contributed by atoms with Gasteiger partial charge in [-0.05, 0) is 80.4 Å². The second-order valence-electron chi connectivity index (χ2n) is 19.0. The Morgan fingerprint density at radius 1 is 0.647 bits per heavy atom. The summed E-state index contributed by atoms with van der Waals surface area (Å²) in [6, 6.07) is -3.70. The van der Waals surface area contributed by atoms with Gasteiger partial charge in [0.1, 0.15) is 48.0 Å². The summed E-state index contributed by atoms with van der Waals surface area (Å²) in [7, 11) is 0. The number of carbonyl (C=O) groups is 10. The van der Waals surface area contributed by atoms with Gasteiger partial charge in [-0.25, -0.2) is 4.79 Å². The lowest BCUT2D eigenvalue weighted by atomic mass is 9.98. The zero-order chi connectivity index (χ0) is 51.6. The minimum absolute atomic E-state index is 0.00738. The molecule has 22 nitrogen and oxygen atoms in total. The van der Waals surface area contributed by atoms with Crippen LogP contribution >= 0.6 is 0 Å². The molecule has 380 valence electrons. The van der Waals surface area contributed by atoms with Crippen LogP contribution in [0.5, 0.6) is 5.75 Å². The predicted octanol–water partition coefficient (Wildman–Crippen LogP) is -0.349. The molecule has 1 aliphatic heterocycles. The van der Waals surface area contributed by atoms with Crippen LogP contribution in [0, 0.1) is 23.7 Å². The van der Waals surface area contributed by atoms with Gasteiger partial charge in [0, 0.05) is 13.0 Å². The van der Waals surface area contributed by atoms with E-state index in [0.29, 0.717) is 12.0 Å². The second-order valence-corrected chi connectivity index (χ2v) is 19.0. The van der Waals surface area contributed by atoms with E-state index in [9.17, 15) is 58.2 Å². The van der Waals surface area contributed by atoms with Crippen molar-refractivity contribution < 1.29 is 63.3 Å². The van der Waals surface area contributed by atoms with Gasteiger partial charge in [-0.15, -0.1) is 0 Å². The Hall–Kier alpha value is -6.32. The highest BCUT2D eigenvalue weighted by Crippen LogP contribution is 2.20. The summed E-state index contributed by atoms with van der Waals surface area (Å²) in [5.41, 5.74) is 6.25. The number of nitrogens with zero attached hydrogens (tertiary/aromatic N) is 1. The smallest absolute Gasteiger partial charge is 0.326 e. The Morgan fingerprint density at radius 2 is 1.13 bits per heavy atom. The van der Waals surface area contributed by atoms with Crippen LogP contribution in [-0.2, 0) is 54.4 Å². The van der Waals surface area contributed by atoms with Gasteiger partial charge in [0.15, 0.2) is 0 Å². The number of aliphatic carboxylic acids is 2. The van der Waals surface area contributed by atoms with Crippen molar-refractivity contribution in [1.29, 1.82) is 0 Å². The summed E-state index contributed by atoms with van der Waals surface area (Å²) >= 11 is 0. The number of carboxylic acids is 2. The number of hydrogen-bond acceptors (Lipinski definition) is 12. The van der Waals surface area contributed by atoms with Gasteiger partial charge in [-0.1, -0.05) is 67.5 Å². The first-order valence-electron chi connectivity index (χ1n) is 23.1. The molecule has 8 atom stereocenters. The maximum absolute atomic E-state index is 13.7. The molecule has 0 spiro atoms. The number of carboxylic acid groups (broad SMARTS) is 2. The molecule has 22 heteroatoms. The molecule has 0 radical (unpaired) electrons. The molecular formula is C46H73N9O13. The van der Waals surface area contributed by atoms with Crippen LogP contribution in [0.2, 0.25) is 0 Å². The van der Waals surface area contributed by atoms with E-state index in [0.717, 1.165) is 0 Å². The topological polar surface area (TPSA) is 345 Å². The standard InChI is InChI=1S/C46H73N9O13/c1-23(2)17-31(50-39(60)30(47)21-37(58)59)40(61)51-33(19-25(5)6)42(63)54-38(26(7)8)44(65)48-22-36(57)49-27(9)45(66)55-16-10-11-35(55)43(64)52-32(18-24(3)4)41(62)53-34(46(67)68)20-28-12-14-29(56)15-13-28/h12-15,23-27,30-35,38,56H,10-11,16-22,47H2,1-9H3,(H,48,65)(H,49,57)(H,50,60)(H,51,61)(H,52,64)(H,53,62)(H,54,63)(H,58,59)(H,67,68). The van der Waals surface area contributed by atoms with Gasteiger partial charge in [0.2, 0.25) is 47.3 Å². The molecular weight excluding hydrogens is 887 g/mol. The quantitative estimate of drug-likeness (QED) is 0.0537. The number of benzene rings is 1. The van der Waals surface area contributed by atoms with E-state index < -0.39 is 126 Å². The van der Waals surface area contributed by atoms with Gasteiger partial charge in [-0.2, -0.15) is 0 Å². The highest BCUT2D eigenvalue weighted by atomic mass is 16.4. The molecule has 0 saturated carbocycles. The van der Waals surface area contributed by atoms with Crippen molar-refractivity contribution >= 4 is 59.2 Å². The minimum atomic E-state index is -1.41. The molecule has 1 aliphatic rings. The normalized spacial score (nSPS) is 16.7. The molecule has 68 heavy (non-hydrogen) atoms. The first-order chi connectivity index (χ1) is 31.7. The van der Waals surface area contributed by atoms with Crippen molar-refractivity contribution in [1.82, 2.24) is 42.1 Å². The number of amides is 8. The molecule has 0 aliphatic carbocycles. The number of nitrogens with two attached hydrogens (primary N) is 1. The molecule has 1 aromatic carbocycles. The first kappa shape index (κ1) is 57.8. The number of hydrogen-bond donors (Lipinski definition) is 11. The lowest BCUT2D eigenvalue weighted by molar-refractivity contribution is -0.143. The Bertz CT molecular complexity index is 1940. The highest BCUT2D eigenvalue weighted by Gasteiger charge is 2.39. The fraction of sp³-hybridized carbons (Fsp3) is 0.652. The predicted molar refractivity (Wildman–Crippen MR) is 248 cm³/mol. The second kappa shape index (κ2) is 27.5. The molecule has 0 bridgehead atoms. The van der Waals surface area contributed by atoms with Crippen LogP contribution in [0.3, 0.4) is 0 Å². The van der Waals surface area contributed by atoms with Crippen LogP contribution in [0.25, 0.3) is 0 Å². The van der Waals surface area contributed by atoms with E-state index in [1.165, 1.54) is 36.1 Å². The number of nitrogens with one attached hydrogen (secondary N) is 7. The van der Waals surface area contributed by atoms with Crippen LogP contribution in [0.4, 0.5) is 0 Å². The van der Waals surface area contributed by atoms with Gasteiger partial charge in [-0.3, -0.25) is 43.2 Å². The number of phenolic OH excluding ortho intramolecular Hbond substituents is 1. The summed E-state index contributed by atoms with van der Waals surface area (Å²) in [4.78, 5) is 132. The monoisotopic (exact) mass is 960 g/mol. The van der Waals surface area contributed by atoms with Crippen LogP contribution in [0.15, 0.2) is 24.3 Å². The van der Waals surface area contributed by atoms with Gasteiger partial charge >= 0.3 is 11.9 Å². The van der Waals surface area contributed by atoms with E-state index in [2.05, 4.69) is 37.2 Å². The maximum atomic E-state index is 13.7. The Kier molecular flexibility index (Phi) is 23.4. The van der Waals surface area contributed by atoms with Gasteiger partial charge in [0.05, 0.1) is 19.0 Å². The fourth-order valence-corrected chi connectivity index (χ4v) is 7.52. The average molecular weight is 960 g/mol. The van der Waals surface area contributed by atoms with Crippen molar-refractivity contribution in [2.45, 2.75) is 156 Å². The lowest BCUT2D eigenvalue weighted by Crippen LogP contribution is -2.59. The molecule has 8 unspecified atom stereocenters. The SMILES string of the molecule is CC(C)CC(NC(=O)C(N)CC(=O)O)C(=O)NC(CC(C)C)C(=O)NC(C(=O)NCC(=O)NC(C)C(=O)N1CCCC1C(=O)NC(CC(C)C)C(=O)NC(Cc1ccc(O)cc1)C(=O)O)C(C)C. The molecule has 1 heterocycles. The lowest BCUT2D eigenvalue weighted by Gasteiger charge is -2.29. The summed E-state index contributed by atoms with van der Waals surface area (Å²) < 4.78 is 0. The van der Waals surface area contributed by atoms with E-state index in [-0.39, 0.29) is 62.2 Å². The zero-order valence-electron chi connectivity index (χ0n) is 40.6. The van der Waals surface area contributed by atoms with E-state index in [1.54, 1.807) is 27.7 Å². The largest absolute Gasteiger partial charge is 0.508 e. The third kappa shape index (κ3) is 19.5. The van der Waals surface area contributed by atoms with Crippen molar-refractivity contribution in [2.75, 3.05) is 13.1 Å². The third-order valence-electron chi connectivity index (χ3n) is 11.0. The average Bonchev–Trinajstić information content (AvgIpc) is 3.73. The molecule has 1 aromatic rings.